The summed E-state index contributed by atoms with van der Waals surface area (Å²) in [4.78, 5) is 10.9. The van der Waals surface area contributed by atoms with Crippen molar-refractivity contribution in [1.29, 1.82) is 0 Å². The monoisotopic (exact) mass is 187 g/mol. The van der Waals surface area contributed by atoms with Gasteiger partial charge in [0.1, 0.15) is 0 Å². The second-order valence-electron chi connectivity index (χ2n) is 4.53. The zero-order valence-electron chi connectivity index (χ0n) is 9.13. The highest BCUT2D eigenvalue weighted by Gasteiger charge is 2.12. The van der Waals surface area contributed by atoms with Gasteiger partial charge in [0.15, 0.2) is 0 Å². The van der Waals surface area contributed by atoms with E-state index in [1.807, 2.05) is 0 Å². The van der Waals surface area contributed by atoms with Gasteiger partial charge in [-0.05, 0) is 18.3 Å². The zero-order chi connectivity index (χ0) is 10.5. The Hall–Kier alpha value is -0.570. The van der Waals surface area contributed by atoms with Crippen molar-refractivity contribution >= 4 is 5.91 Å². The highest BCUT2D eigenvalue weighted by atomic mass is 16.5. The van der Waals surface area contributed by atoms with Crippen molar-refractivity contribution in [3.8, 4) is 0 Å². The van der Waals surface area contributed by atoms with Crippen molar-refractivity contribution in [2.24, 2.45) is 5.41 Å². The van der Waals surface area contributed by atoms with Crippen LogP contribution in [0.5, 0.6) is 0 Å². The summed E-state index contributed by atoms with van der Waals surface area (Å²) < 4.78 is 0. The van der Waals surface area contributed by atoms with Crippen LogP contribution in [0.1, 0.15) is 47.0 Å². The normalized spacial score (nSPS) is 11.5. The number of hydrogen-bond acceptors (Lipinski definition) is 2. The number of carbonyl (C=O) groups excluding carboxylic acids is 1. The second kappa shape index (κ2) is 5.22. The van der Waals surface area contributed by atoms with Crippen molar-refractivity contribution in [3.05, 3.63) is 0 Å². The van der Waals surface area contributed by atoms with Crippen LogP contribution in [0.3, 0.4) is 0 Å². The molecule has 0 radical (unpaired) electrons. The van der Waals surface area contributed by atoms with Crippen LogP contribution in [0.15, 0.2) is 0 Å². The fourth-order valence-electron chi connectivity index (χ4n) is 1.07. The van der Waals surface area contributed by atoms with Crippen molar-refractivity contribution in [2.45, 2.75) is 47.0 Å². The predicted octanol–water partition coefficient (Wildman–Crippen LogP) is 2.44. The minimum Gasteiger partial charge on any atom is -0.286 e. The summed E-state index contributed by atoms with van der Waals surface area (Å²) in [6.45, 7) is 8.64. The maximum Gasteiger partial charge on any atom is 0.245 e. The standard InChI is InChI=1S/C10H21NO2/c1-5-9(12)11(13)8-6-7-10(2,3)4/h13H,5-8H2,1-4H3. The SMILES string of the molecule is CCC(=O)N(O)CCCC(C)(C)C. The molecule has 0 aliphatic carbocycles. The van der Waals surface area contributed by atoms with E-state index in [4.69, 9.17) is 0 Å². The molecule has 0 aliphatic rings. The molecule has 0 aromatic heterocycles. The summed E-state index contributed by atoms with van der Waals surface area (Å²) in [6.07, 6.45) is 2.23. The number of hydrogen-bond donors (Lipinski definition) is 1. The minimum atomic E-state index is -0.200. The Morgan fingerprint density at radius 2 is 1.92 bits per heavy atom. The Morgan fingerprint density at radius 3 is 2.31 bits per heavy atom. The molecule has 0 fully saturated rings. The molecule has 0 heterocycles. The van der Waals surface area contributed by atoms with Crippen LogP contribution in [0.25, 0.3) is 0 Å². The molecule has 0 rings (SSSR count). The van der Waals surface area contributed by atoms with E-state index < -0.39 is 0 Å². The first-order chi connectivity index (χ1) is 5.87. The van der Waals surface area contributed by atoms with Gasteiger partial charge in [0.05, 0.1) is 0 Å². The van der Waals surface area contributed by atoms with Gasteiger partial charge >= 0.3 is 0 Å². The molecule has 1 amide bonds. The molecule has 0 saturated heterocycles. The van der Waals surface area contributed by atoms with Crippen molar-refractivity contribution in [2.75, 3.05) is 6.54 Å². The van der Waals surface area contributed by atoms with Crippen LogP contribution >= 0.6 is 0 Å². The summed E-state index contributed by atoms with van der Waals surface area (Å²) in [6, 6.07) is 0. The fraction of sp³-hybridized carbons (Fsp3) is 0.900. The first kappa shape index (κ1) is 12.4. The quantitative estimate of drug-likeness (QED) is 0.542. The molecule has 3 nitrogen and oxygen atoms in total. The van der Waals surface area contributed by atoms with Gasteiger partial charge < -0.3 is 0 Å². The van der Waals surface area contributed by atoms with E-state index >= 15 is 0 Å². The van der Waals surface area contributed by atoms with Crippen LogP contribution in [0.4, 0.5) is 0 Å². The number of hydroxylamine groups is 2. The lowest BCUT2D eigenvalue weighted by molar-refractivity contribution is -0.165. The third kappa shape index (κ3) is 6.58. The lowest BCUT2D eigenvalue weighted by atomic mass is 9.91. The van der Waals surface area contributed by atoms with E-state index in [1.54, 1.807) is 6.92 Å². The molecule has 3 heteroatoms. The van der Waals surface area contributed by atoms with E-state index in [0.717, 1.165) is 17.9 Å². The highest BCUT2D eigenvalue weighted by molar-refractivity contribution is 5.74. The average Bonchev–Trinajstić information content (AvgIpc) is 2.00. The van der Waals surface area contributed by atoms with Gasteiger partial charge in [0, 0.05) is 13.0 Å². The Morgan fingerprint density at radius 1 is 1.38 bits per heavy atom. The van der Waals surface area contributed by atoms with Gasteiger partial charge in [0.2, 0.25) is 5.91 Å². The van der Waals surface area contributed by atoms with Gasteiger partial charge in [-0.1, -0.05) is 27.7 Å². The van der Waals surface area contributed by atoms with E-state index in [9.17, 15) is 10.0 Å². The smallest absolute Gasteiger partial charge is 0.245 e. The second-order valence-corrected chi connectivity index (χ2v) is 4.53. The maximum atomic E-state index is 10.9. The summed E-state index contributed by atoms with van der Waals surface area (Å²) >= 11 is 0. The molecule has 0 atom stereocenters. The number of rotatable bonds is 4. The summed E-state index contributed by atoms with van der Waals surface area (Å²) in [5.74, 6) is -0.200. The molecule has 1 N–H and O–H groups in total. The van der Waals surface area contributed by atoms with Crippen LogP contribution in [-0.4, -0.2) is 22.7 Å². The Bertz CT molecular complexity index is 161. The molecule has 0 spiro atoms. The third-order valence-corrected chi connectivity index (χ3v) is 1.89. The minimum absolute atomic E-state index is 0.200. The van der Waals surface area contributed by atoms with Gasteiger partial charge in [-0.25, -0.2) is 5.06 Å². The third-order valence-electron chi connectivity index (χ3n) is 1.89. The molecular formula is C10H21NO2. The van der Waals surface area contributed by atoms with Gasteiger partial charge in [-0.2, -0.15) is 0 Å². The van der Waals surface area contributed by atoms with Crippen molar-refractivity contribution in [3.63, 3.8) is 0 Å². The zero-order valence-corrected chi connectivity index (χ0v) is 9.13. The molecule has 0 bridgehead atoms. The lowest BCUT2D eigenvalue weighted by Gasteiger charge is -2.20. The van der Waals surface area contributed by atoms with E-state index in [2.05, 4.69) is 20.8 Å². The van der Waals surface area contributed by atoms with Crippen LogP contribution in [0, 0.1) is 5.41 Å². The molecule has 78 valence electrons. The Kier molecular flexibility index (Phi) is 4.99. The Labute approximate surface area is 80.7 Å². The largest absolute Gasteiger partial charge is 0.286 e. The fourth-order valence-corrected chi connectivity index (χ4v) is 1.07. The highest BCUT2D eigenvalue weighted by Crippen LogP contribution is 2.20. The van der Waals surface area contributed by atoms with Crippen LogP contribution < -0.4 is 0 Å². The molecular weight excluding hydrogens is 166 g/mol. The first-order valence-corrected chi connectivity index (χ1v) is 4.86. The molecule has 13 heavy (non-hydrogen) atoms. The van der Waals surface area contributed by atoms with Crippen LogP contribution in [0.2, 0.25) is 0 Å². The van der Waals surface area contributed by atoms with Gasteiger partial charge in [-0.15, -0.1) is 0 Å². The van der Waals surface area contributed by atoms with Crippen molar-refractivity contribution in [1.82, 2.24) is 5.06 Å². The molecule has 0 saturated carbocycles. The van der Waals surface area contributed by atoms with E-state index in [-0.39, 0.29) is 11.3 Å². The van der Waals surface area contributed by atoms with E-state index in [0.29, 0.717) is 13.0 Å². The number of amides is 1. The molecule has 0 aromatic rings. The van der Waals surface area contributed by atoms with Gasteiger partial charge in [0.25, 0.3) is 0 Å². The summed E-state index contributed by atoms with van der Waals surface area (Å²) in [5.41, 5.74) is 0.274. The molecule has 0 aromatic carbocycles. The topological polar surface area (TPSA) is 40.5 Å². The van der Waals surface area contributed by atoms with E-state index in [1.165, 1.54) is 0 Å². The number of nitrogens with zero attached hydrogens (tertiary/aromatic N) is 1. The Balaban J connectivity index is 3.59. The molecule has 0 aliphatic heterocycles. The van der Waals surface area contributed by atoms with Crippen LogP contribution in [-0.2, 0) is 4.79 Å². The maximum absolute atomic E-state index is 10.9. The first-order valence-electron chi connectivity index (χ1n) is 4.86. The number of carbonyl (C=O) groups is 1. The van der Waals surface area contributed by atoms with Crippen molar-refractivity contribution < 1.29 is 10.0 Å². The van der Waals surface area contributed by atoms with Gasteiger partial charge in [-0.3, -0.25) is 10.0 Å². The summed E-state index contributed by atoms with van der Waals surface area (Å²) in [5, 5.41) is 10.0. The average molecular weight is 187 g/mol. The summed E-state index contributed by atoms with van der Waals surface area (Å²) in [7, 11) is 0. The predicted molar refractivity (Wildman–Crippen MR) is 52.5 cm³/mol. The lowest BCUT2D eigenvalue weighted by Crippen LogP contribution is -2.28. The molecule has 0 unspecified atom stereocenters.